The van der Waals surface area contributed by atoms with Gasteiger partial charge in [0.15, 0.2) is 11.6 Å². The normalized spacial score (nSPS) is 29.0. The fraction of sp³-hybridized carbons (Fsp3) is 0.455. The molecule has 5 heteroatoms. The average molecular weight is 371 g/mol. The molecule has 4 nitrogen and oxygen atoms in total. The molecule has 0 spiro atoms. The van der Waals surface area contributed by atoms with Gasteiger partial charge in [-0.15, -0.1) is 0 Å². The van der Waals surface area contributed by atoms with Crippen molar-refractivity contribution in [2.45, 2.75) is 31.0 Å². The number of phenols is 1. The summed E-state index contributed by atoms with van der Waals surface area (Å²) < 4.78 is 13.5. The van der Waals surface area contributed by atoms with Crippen LogP contribution in [0.2, 0.25) is 0 Å². The molecule has 2 aliphatic rings. The molecular formula is C22H26FNO3. The molecule has 144 valence electrons. The fourth-order valence-electron chi connectivity index (χ4n) is 4.91. The fourth-order valence-corrected chi connectivity index (χ4v) is 4.91. The lowest BCUT2D eigenvalue weighted by Gasteiger charge is -2.27. The van der Waals surface area contributed by atoms with Crippen LogP contribution in [0.4, 0.5) is 4.39 Å². The number of aliphatic hydroxyl groups excluding tert-OH is 1. The largest absolute Gasteiger partial charge is 0.505 e. The van der Waals surface area contributed by atoms with Crippen LogP contribution in [0.3, 0.4) is 0 Å². The summed E-state index contributed by atoms with van der Waals surface area (Å²) in [5.74, 6) is -0.250. The molecule has 2 aromatic carbocycles. The molecule has 0 radical (unpaired) electrons. The maximum atomic E-state index is 13.5. The predicted octanol–water partition coefficient (Wildman–Crippen LogP) is 2.88. The van der Waals surface area contributed by atoms with Gasteiger partial charge in [-0.05, 0) is 47.9 Å². The Morgan fingerprint density at radius 1 is 1.07 bits per heavy atom. The van der Waals surface area contributed by atoms with E-state index in [9.17, 15) is 19.7 Å². The molecular weight excluding hydrogens is 345 g/mol. The number of aliphatic hydroxyl groups is 2. The third-order valence-electron chi connectivity index (χ3n) is 6.10. The Labute approximate surface area is 158 Å². The minimum Gasteiger partial charge on any atom is -0.505 e. The van der Waals surface area contributed by atoms with E-state index in [1.165, 1.54) is 17.7 Å². The molecule has 2 aromatic rings. The molecule has 1 aliphatic carbocycles. The summed E-state index contributed by atoms with van der Waals surface area (Å²) in [5, 5.41) is 30.7. The number of phenolic OH excluding ortho intramolecular Hbond substituents is 1. The van der Waals surface area contributed by atoms with E-state index in [1.54, 1.807) is 6.07 Å². The molecule has 4 rings (SSSR count). The van der Waals surface area contributed by atoms with Crippen molar-refractivity contribution in [1.29, 1.82) is 0 Å². The van der Waals surface area contributed by atoms with E-state index in [0.717, 1.165) is 25.9 Å². The van der Waals surface area contributed by atoms with Gasteiger partial charge in [-0.3, -0.25) is 4.90 Å². The number of β-amino-alcohol motifs (C(OH)–C–C–N with tert-alkyl or cyclic N) is 1. The Bertz CT molecular complexity index is 783. The second-order valence-corrected chi connectivity index (χ2v) is 8.26. The minimum absolute atomic E-state index is 0.403. The number of hydrogen-bond acceptors (Lipinski definition) is 4. The molecule has 0 bridgehead atoms. The highest BCUT2D eigenvalue weighted by Gasteiger charge is 2.48. The Morgan fingerprint density at radius 3 is 2.37 bits per heavy atom. The topological polar surface area (TPSA) is 63.9 Å². The first kappa shape index (κ1) is 18.4. The molecule has 4 atom stereocenters. The van der Waals surface area contributed by atoms with Crippen LogP contribution in [0.1, 0.15) is 30.1 Å². The lowest BCUT2D eigenvalue weighted by molar-refractivity contribution is 0.0328. The zero-order chi connectivity index (χ0) is 19.0. The van der Waals surface area contributed by atoms with Crippen LogP contribution in [0, 0.1) is 17.7 Å². The van der Waals surface area contributed by atoms with E-state index < -0.39 is 23.3 Å². The van der Waals surface area contributed by atoms with Gasteiger partial charge in [0, 0.05) is 26.1 Å². The van der Waals surface area contributed by atoms with Crippen LogP contribution < -0.4 is 0 Å². The number of fused-ring (bicyclic) bond motifs is 1. The third kappa shape index (κ3) is 4.00. The summed E-state index contributed by atoms with van der Waals surface area (Å²) in [6, 6.07) is 14.1. The van der Waals surface area contributed by atoms with Gasteiger partial charge in [0.2, 0.25) is 0 Å². The highest BCUT2D eigenvalue weighted by Crippen LogP contribution is 2.45. The van der Waals surface area contributed by atoms with Crippen LogP contribution in [0.25, 0.3) is 0 Å². The van der Waals surface area contributed by atoms with Crippen molar-refractivity contribution in [1.82, 2.24) is 4.90 Å². The van der Waals surface area contributed by atoms with Crippen molar-refractivity contribution in [2.75, 3.05) is 19.6 Å². The van der Waals surface area contributed by atoms with Crippen molar-refractivity contribution in [3.05, 3.63) is 65.5 Å². The number of aromatic hydroxyl groups is 1. The molecule has 3 unspecified atom stereocenters. The second kappa shape index (κ2) is 7.23. The Kier molecular flexibility index (Phi) is 4.93. The number of halogens is 1. The molecule has 0 amide bonds. The zero-order valence-corrected chi connectivity index (χ0v) is 15.3. The molecule has 1 saturated heterocycles. The van der Waals surface area contributed by atoms with Crippen molar-refractivity contribution in [3.63, 3.8) is 0 Å². The van der Waals surface area contributed by atoms with Crippen LogP contribution >= 0.6 is 0 Å². The van der Waals surface area contributed by atoms with Crippen molar-refractivity contribution in [3.8, 4) is 5.75 Å². The molecule has 1 saturated carbocycles. The average Bonchev–Trinajstić information content (AvgIpc) is 3.11. The van der Waals surface area contributed by atoms with Crippen LogP contribution in [-0.2, 0) is 6.42 Å². The first-order valence-electron chi connectivity index (χ1n) is 9.57. The van der Waals surface area contributed by atoms with E-state index >= 15 is 0 Å². The predicted molar refractivity (Wildman–Crippen MR) is 101 cm³/mol. The number of hydrogen-bond donors (Lipinski definition) is 3. The number of nitrogens with zero attached hydrogens (tertiary/aromatic N) is 1. The standard InChI is InChI=1S/C22H26FNO3/c23-19-8-16(6-7-20(19)25)21(26)14-24-12-17-10-22(27,11-18(17)13-24)9-15-4-2-1-3-5-15/h1-8,17-18,21,25-27H,9-14H2/t17-,18?,21?,22?/m1/s1. The van der Waals surface area contributed by atoms with Gasteiger partial charge in [0.25, 0.3) is 0 Å². The number of benzene rings is 2. The number of likely N-dealkylation sites (tertiary alicyclic amines) is 1. The van der Waals surface area contributed by atoms with Crippen LogP contribution in [-0.4, -0.2) is 45.5 Å². The van der Waals surface area contributed by atoms with Crippen molar-refractivity contribution < 1.29 is 19.7 Å². The van der Waals surface area contributed by atoms with E-state index in [1.807, 2.05) is 18.2 Å². The molecule has 1 aliphatic heterocycles. The summed E-state index contributed by atoms with van der Waals surface area (Å²) >= 11 is 0. The van der Waals surface area contributed by atoms with Crippen LogP contribution in [0.5, 0.6) is 5.75 Å². The molecule has 27 heavy (non-hydrogen) atoms. The second-order valence-electron chi connectivity index (χ2n) is 8.26. The molecule has 2 fully saturated rings. The Morgan fingerprint density at radius 2 is 1.74 bits per heavy atom. The van der Waals surface area contributed by atoms with Gasteiger partial charge in [-0.25, -0.2) is 4.39 Å². The summed E-state index contributed by atoms with van der Waals surface area (Å²) in [7, 11) is 0. The van der Waals surface area contributed by atoms with E-state index in [2.05, 4.69) is 17.0 Å². The summed E-state index contributed by atoms with van der Waals surface area (Å²) in [4.78, 5) is 2.20. The summed E-state index contributed by atoms with van der Waals surface area (Å²) in [6.45, 7) is 2.13. The Balaban J connectivity index is 1.33. The first-order chi connectivity index (χ1) is 12.9. The molecule has 0 aromatic heterocycles. The minimum atomic E-state index is -0.790. The summed E-state index contributed by atoms with van der Waals surface area (Å²) in [6.07, 6.45) is 1.47. The monoisotopic (exact) mass is 371 g/mol. The van der Waals surface area contributed by atoms with E-state index in [4.69, 9.17) is 0 Å². The maximum absolute atomic E-state index is 13.5. The molecule has 1 heterocycles. The third-order valence-corrected chi connectivity index (χ3v) is 6.10. The van der Waals surface area contributed by atoms with Crippen molar-refractivity contribution >= 4 is 0 Å². The smallest absolute Gasteiger partial charge is 0.165 e. The van der Waals surface area contributed by atoms with Crippen LogP contribution in [0.15, 0.2) is 48.5 Å². The lowest BCUT2D eigenvalue weighted by atomic mass is 9.91. The van der Waals surface area contributed by atoms with Gasteiger partial charge in [0.1, 0.15) is 0 Å². The molecule has 3 N–H and O–H groups in total. The quantitative estimate of drug-likeness (QED) is 0.756. The lowest BCUT2D eigenvalue weighted by Crippen LogP contribution is -2.33. The van der Waals surface area contributed by atoms with E-state index in [-0.39, 0.29) is 0 Å². The number of rotatable bonds is 5. The van der Waals surface area contributed by atoms with Gasteiger partial charge in [0.05, 0.1) is 11.7 Å². The highest BCUT2D eigenvalue weighted by molar-refractivity contribution is 5.29. The van der Waals surface area contributed by atoms with Gasteiger partial charge in [-0.1, -0.05) is 36.4 Å². The maximum Gasteiger partial charge on any atom is 0.165 e. The zero-order valence-electron chi connectivity index (χ0n) is 15.3. The van der Waals surface area contributed by atoms with E-state index in [0.29, 0.717) is 30.4 Å². The Hall–Kier alpha value is -1.95. The highest BCUT2D eigenvalue weighted by atomic mass is 19.1. The van der Waals surface area contributed by atoms with Gasteiger partial charge >= 0.3 is 0 Å². The SMILES string of the molecule is Oc1ccc(C(O)CN2CC3CC(O)(Cc4ccccc4)C[C@@H]3C2)cc1F. The summed E-state index contributed by atoms with van der Waals surface area (Å²) in [5.41, 5.74) is 1.01. The van der Waals surface area contributed by atoms with Gasteiger partial charge in [-0.2, -0.15) is 0 Å². The van der Waals surface area contributed by atoms with Crippen molar-refractivity contribution in [2.24, 2.45) is 11.8 Å². The first-order valence-corrected chi connectivity index (χ1v) is 9.57. The van der Waals surface area contributed by atoms with Gasteiger partial charge < -0.3 is 15.3 Å².